The molecular weight excluding hydrogens is 415 g/mol. The Hall–Kier alpha value is -3.26. The molecule has 4 rings (SSSR count). The highest BCUT2D eigenvalue weighted by atomic mass is 19.1. The monoisotopic (exact) mass is 442 g/mol. The lowest BCUT2D eigenvalue weighted by Crippen LogP contribution is -2.21. The topological polar surface area (TPSA) is 70.5 Å². The highest BCUT2D eigenvalue weighted by Gasteiger charge is 2.29. The molecule has 8 heteroatoms. The van der Waals surface area contributed by atoms with Crippen molar-refractivity contribution in [3.05, 3.63) is 71.4 Å². The van der Waals surface area contributed by atoms with Crippen LogP contribution in [0.25, 0.3) is 0 Å². The Morgan fingerprint density at radius 2 is 2.09 bits per heavy atom. The predicted molar refractivity (Wildman–Crippen MR) is 118 cm³/mol. The highest BCUT2D eigenvalue weighted by Crippen LogP contribution is 2.29. The summed E-state index contributed by atoms with van der Waals surface area (Å²) in [5.74, 6) is 0.800. The summed E-state index contributed by atoms with van der Waals surface area (Å²) in [6.07, 6.45) is 10.0. The molecule has 170 valence electrons. The van der Waals surface area contributed by atoms with Crippen LogP contribution in [0.4, 0.5) is 4.39 Å². The second-order valence-electron chi connectivity index (χ2n) is 8.09. The number of dihydropyridines is 1. The van der Waals surface area contributed by atoms with Crippen molar-refractivity contribution in [3.8, 4) is 11.5 Å². The molecule has 0 aromatic heterocycles. The normalized spacial score (nSPS) is 23.3. The van der Waals surface area contributed by atoms with Crippen LogP contribution >= 0.6 is 0 Å². The number of fused-ring (bicyclic) bond motifs is 1. The molecule has 2 atom stereocenters. The van der Waals surface area contributed by atoms with E-state index in [4.69, 9.17) is 23.8 Å². The number of methoxy groups -OCH3 is 1. The fourth-order valence-electron chi connectivity index (χ4n) is 3.53. The van der Waals surface area contributed by atoms with Crippen molar-refractivity contribution >= 4 is 5.90 Å². The number of hydrogen-bond donors (Lipinski definition) is 1. The number of halogens is 1. The maximum Gasteiger partial charge on any atom is 0.205 e. The average molecular weight is 442 g/mol. The third kappa shape index (κ3) is 5.31. The highest BCUT2D eigenvalue weighted by molar-refractivity contribution is 5.80. The second-order valence-corrected chi connectivity index (χ2v) is 8.09. The van der Waals surface area contributed by atoms with Crippen LogP contribution in [0.3, 0.4) is 0 Å². The van der Waals surface area contributed by atoms with Crippen molar-refractivity contribution in [3.63, 3.8) is 0 Å². The van der Waals surface area contributed by atoms with Gasteiger partial charge in [-0.2, -0.15) is 0 Å². The van der Waals surface area contributed by atoms with Gasteiger partial charge >= 0.3 is 0 Å². The van der Waals surface area contributed by atoms with Crippen LogP contribution < -0.4 is 15.1 Å². The minimum absolute atomic E-state index is 0.0381. The van der Waals surface area contributed by atoms with Gasteiger partial charge in [-0.3, -0.25) is 0 Å². The smallest absolute Gasteiger partial charge is 0.205 e. The lowest BCUT2D eigenvalue weighted by atomic mass is 9.93. The fraction of sp³-hybridized carbons (Fsp3) is 0.375. The minimum Gasteiger partial charge on any atom is -0.486 e. The third-order valence-corrected chi connectivity index (χ3v) is 5.14. The van der Waals surface area contributed by atoms with E-state index in [2.05, 4.69) is 22.6 Å². The summed E-state index contributed by atoms with van der Waals surface area (Å²) in [5.41, 5.74) is 4.72. The van der Waals surface area contributed by atoms with E-state index in [1.807, 2.05) is 32.9 Å². The van der Waals surface area contributed by atoms with Gasteiger partial charge < -0.3 is 23.8 Å². The van der Waals surface area contributed by atoms with Crippen molar-refractivity contribution in [2.45, 2.75) is 45.1 Å². The van der Waals surface area contributed by atoms with E-state index in [1.54, 1.807) is 13.2 Å². The summed E-state index contributed by atoms with van der Waals surface area (Å²) < 4.78 is 36.4. The molecule has 0 amide bonds. The molecule has 1 aromatic carbocycles. The maximum absolute atomic E-state index is 14.1. The number of benzene rings is 1. The van der Waals surface area contributed by atoms with Gasteiger partial charge in [-0.1, -0.05) is 18.2 Å². The first-order valence-corrected chi connectivity index (χ1v) is 10.4. The first kappa shape index (κ1) is 22.0. The van der Waals surface area contributed by atoms with Gasteiger partial charge in [-0.05, 0) is 24.1 Å². The van der Waals surface area contributed by atoms with E-state index >= 15 is 0 Å². The van der Waals surface area contributed by atoms with Crippen LogP contribution in [0, 0.1) is 5.82 Å². The number of nitrogens with zero attached hydrogens (tertiary/aromatic N) is 1. The zero-order valence-electron chi connectivity index (χ0n) is 18.6. The Morgan fingerprint density at radius 1 is 1.28 bits per heavy atom. The van der Waals surface area contributed by atoms with Crippen molar-refractivity contribution < 1.29 is 28.2 Å². The molecule has 1 aliphatic carbocycles. The molecule has 32 heavy (non-hydrogen) atoms. The van der Waals surface area contributed by atoms with E-state index in [1.165, 1.54) is 18.3 Å². The molecule has 1 aromatic rings. The molecule has 0 radical (unpaired) electrons. The molecule has 0 saturated carbocycles. The Balaban J connectivity index is 1.38. The second kappa shape index (κ2) is 9.08. The molecule has 7 nitrogen and oxygen atoms in total. The number of hydroxylamine groups is 1. The van der Waals surface area contributed by atoms with Gasteiger partial charge in [0.05, 0.1) is 19.4 Å². The largest absolute Gasteiger partial charge is 0.486 e. The predicted octanol–water partition coefficient (Wildman–Crippen LogP) is 4.34. The SMILES string of the molecule is COC1=NC2C=CC(C(C)Oc3cc(F)cc(ONC=C4COC(C)(C)O4)c3)=CC2=CC1. The molecule has 2 aliphatic heterocycles. The third-order valence-electron chi connectivity index (χ3n) is 5.14. The first-order chi connectivity index (χ1) is 15.3. The molecule has 1 saturated heterocycles. The van der Waals surface area contributed by atoms with E-state index in [-0.39, 0.29) is 17.9 Å². The van der Waals surface area contributed by atoms with Crippen LogP contribution in [0.2, 0.25) is 0 Å². The molecule has 3 aliphatic rings. The number of aliphatic imine (C=N–C) groups is 1. The summed E-state index contributed by atoms with van der Waals surface area (Å²) >= 11 is 0. The molecule has 0 bridgehead atoms. The number of nitrogens with one attached hydrogen (secondary N) is 1. The van der Waals surface area contributed by atoms with Gasteiger partial charge in [0.2, 0.25) is 5.79 Å². The Morgan fingerprint density at radius 3 is 2.84 bits per heavy atom. The van der Waals surface area contributed by atoms with Gasteiger partial charge in [0.25, 0.3) is 0 Å². The van der Waals surface area contributed by atoms with E-state index in [0.29, 0.717) is 24.5 Å². The number of hydrogen-bond acceptors (Lipinski definition) is 7. The minimum atomic E-state index is -0.669. The van der Waals surface area contributed by atoms with E-state index < -0.39 is 11.6 Å². The van der Waals surface area contributed by atoms with E-state index in [0.717, 1.165) is 17.0 Å². The quantitative estimate of drug-likeness (QED) is 0.661. The van der Waals surface area contributed by atoms with Gasteiger partial charge in [0, 0.05) is 38.5 Å². The van der Waals surface area contributed by atoms with Gasteiger partial charge in [0.15, 0.2) is 11.6 Å². The fourth-order valence-corrected chi connectivity index (χ4v) is 3.53. The van der Waals surface area contributed by atoms with Crippen LogP contribution in [-0.4, -0.2) is 37.5 Å². The number of ether oxygens (including phenoxy) is 4. The summed E-state index contributed by atoms with van der Waals surface area (Å²) in [6, 6.07) is 4.17. The molecular formula is C24H27FN2O5. The summed E-state index contributed by atoms with van der Waals surface area (Å²) in [4.78, 5) is 9.98. The van der Waals surface area contributed by atoms with E-state index in [9.17, 15) is 4.39 Å². The van der Waals surface area contributed by atoms with Gasteiger partial charge in [-0.25, -0.2) is 14.9 Å². The molecule has 2 unspecified atom stereocenters. The zero-order chi connectivity index (χ0) is 22.7. The molecule has 2 heterocycles. The van der Waals surface area contributed by atoms with Crippen LogP contribution in [0.15, 0.2) is 70.6 Å². The van der Waals surface area contributed by atoms with Crippen molar-refractivity contribution in [2.24, 2.45) is 4.99 Å². The zero-order valence-corrected chi connectivity index (χ0v) is 18.6. The van der Waals surface area contributed by atoms with Crippen LogP contribution in [0.5, 0.6) is 11.5 Å². The maximum atomic E-state index is 14.1. The lowest BCUT2D eigenvalue weighted by Gasteiger charge is -2.24. The Labute approximate surface area is 186 Å². The average Bonchev–Trinajstić information content (AvgIpc) is 3.11. The number of rotatable bonds is 6. The Kier molecular flexibility index (Phi) is 6.23. The molecule has 1 N–H and O–H groups in total. The van der Waals surface area contributed by atoms with Crippen LogP contribution in [0.1, 0.15) is 27.2 Å². The summed E-state index contributed by atoms with van der Waals surface area (Å²) in [5, 5.41) is 0. The first-order valence-electron chi connectivity index (χ1n) is 10.4. The summed E-state index contributed by atoms with van der Waals surface area (Å²) in [6.45, 7) is 5.88. The molecule has 0 spiro atoms. The van der Waals surface area contributed by atoms with Crippen molar-refractivity contribution in [1.82, 2.24) is 5.48 Å². The van der Waals surface area contributed by atoms with Crippen molar-refractivity contribution in [1.29, 1.82) is 0 Å². The standard InChI is InChI=1S/C24H27FN2O5/c1-15(16-5-7-22-17(9-16)6-8-23(27-22)28-4)30-19-10-18(25)11-20(12-19)32-26-13-21-14-29-24(2,3)31-21/h5-7,9-13,15,22,26H,8,14H2,1-4H3. The van der Waals surface area contributed by atoms with Crippen LogP contribution in [-0.2, 0) is 14.2 Å². The Bertz CT molecular complexity index is 1030. The lowest BCUT2D eigenvalue weighted by molar-refractivity contribution is -0.116. The van der Waals surface area contributed by atoms with Gasteiger partial charge in [-0.15, -0.1) is 0 Å². The molecule has 1 fully saturated rings. The summed E-state index contributed by atoms with van der Waals surface area (Å²) in [7, 11) is 1.63. The van der Waals surface area contributed by atoms with Crippen molar-refractivity contribution in [2.75, 3.05) is 13.7 Å². The van der Waals surface area contributed by atoms with Gasteiger partial charge in [0.1, 0.15) is 30.0 Å².